The van der Waals surface area contributed by atoms with E-state index in [0.717, 1.165) is 11.4 Å². The molecular formula is C18H13Cl2N3O. The second kappa shape index (κ2) is 6.99. The highest BCUT2D eigenvalue weighted by Gasteiger charge is 2.18. The molecule has 24 heavy (non-hydrogen) atoms. The Hall–Kier alpha value is -2.43. The van der Waals surface area contributed by atoms with E-state index in [1.54, 1.807) is 12.1 Å². The standard InChI is InChI=1S/C18H13Cl2N3O/c1-23(13-5-3-2-4-6-13)14-9-7-12(8-10-14)16(24)15-17(19)21-11-22-18(15)20/h2-11H,1H3. The van der Waals surface area contributed by atoms with Gasteiger partial charge in [-0.1, -0.05) is 41.4 Å². The van der Waals surface area contributed by atoms with Crippen molar-refractivity contribution >= 4 is 40.4 Å². The number of hydrogen-bond acceptors (Lipinski definition) is 4. The fourth-order valence-corrected chi connectivity index (χ4v) is 2.80. The van der Waals surface area contributed by atoms with Gasteiger partial charge < -0.3 is 4.90 Å². The van der Waals surface area contributed by atoms with E-state index in [1.165, 1.54) is 6.33 Å². The molecule has 0 atom stereocenters. The number of hydrogen-bond donors (Lipinski definition) is 0. The first-order chi connectivity index (χ1) is 11.6. The Labute approximate surface area is 149 Å². The van der Waals surface area contributed by atoms with Crippen molar-refractivity contribution in [2.24, 2.45) is 0 Å². The number of aromatic nitrogens is 2. The Morgan fingerprint density at radius 1 is 0.875 bits per heavy atom. The molecule has 0 saturated heterocycles. The first-order valence-electron chi connectivity index (χ1n) is 7.17. The molecule has 2 aromatic carbocycles. The Kier molecular flexibility index (Phi) is 4.79. The van der Waals surface area contributed by atoms with Crippen molar-refractivity contribution in [3.63, 3.8) is 0 Å². The molecule has 120 valence electrons. The maximum Gasteiger partial charge on any atom is 0.199 e. The molecule has 0 radical (unpaired) electrons. The topological polar surface area (TPSA) is 46.1 Å². The first-order valence-corrected chi connectivity index (χ1v) is 7.93. The molecule has 1 aromatic heterocycles. The largest absolute Gasteiger partial charge is 0.345 e. The lowest BCUT2D eigenvalue weighted by Crippen LogP contribution is -2.10. The van der Waals surface area contributed by atoms with Crippen LogP contribution in [0, 0.1) is 0 Å². The van der Waals surface area contributed by atoms with Gasteiger partial charge >= 0.3 is 0 Å². The van der Waals surface area contributed by atoms with Crippen molar-refractivity contribution in [3.8, 4) is 0 Å². The van der Waals surface area contributed by atoms with Crippen LogP contribution in [-0.2, 0) is 0 Å². The lowest BCUT2D eigenvalue weighted by molar-refractivity contribution is 0.103. The molecule has 4 nitrogen and oxygen atoms in total. The molecule has 0 unspecified atom stereocenters. The number of ketones is 1. The van der Waals surface area contributed by atoms with E-state index in [0.29, 0.717) is 5.56 Å². The summed E-state index contributed by atoms with van der Waals surface area (Å²) in [5, 5.41) is 0.0935. The third kappa shape index (κ3) is 3.25. The summed E-state index contributed by atoms with van der Waals surface area (Å²) in [6.45, 7) is 0. The number of anilines is 2. The Bertz CT molecular complexity index is 847. The number of carbonyl (C=O) groups is 1. The Morgan fingerprint density at radius 3 is 2.00 bits per heavy atom. The van der Waals surface area contributed by atoms with Crippen LogP contribution in [0.2, 0.25) is 10.3 Å². The molecule has 0 aliphatic carbocycles. The summed E-state index contributed by atoms with van der Waals surface area (Å²) in [6, 6.07) is 17.1. The third-order valence-electron chi connectivity index (χ3n) is 3.64. The van der Waals surface area contributed by atoms with Crippen molar-refractivity contribution in [3.05, 3.63) is 82.4 Å². The lowest BCUT2D eigenvalue weighted by atomic mass is 10.1. The molecule has 3 rings (SSSR count). The van der Waals surface area contributed by atoms with E-state index >= 15 is 0 Å². The average Bonchev–Trinajstić information content (AvgIpc) is 2.62. The van der Waals surface area contributed by atoms with Crippen molar-refractivity contribution in [1.82, 2.24) is 9.97 Å². The SMILES string of the molecule is CN(c1ccccc1)c1ccc(C(=O)c2c(Cl)ncnc2Cl)cc1. The molecule has 0 amide bonds. The van der Waals surface area contributed by atoms with Gasteiger partial charge in [-0.05, 0) is 36.4 Å². The average molecular weight is 358 g/mol. The van der Waals surface area contributed by atoms with Crippen molar-refractivity contribution in [1.29, 1.82) is 0 Å². The highest BCUT2D eigenvalue weighted by molar-refractivity contribution is 6.39. The van der Waals surface area contributed by atoms with E-state index in [2.05, 4.69) is 9.97 Å². The molecule has 0 aliphatic rings. The first kappa shape index (κ1) is 16.4. The van der Waals surface area contributed by atoms with Gasteiger partial charge in [-0.25, -0.2) is 9.97 Å². The van der Waals surface area contributed by atoms with Crippen LogP contribution in [0.1, 0.15) is 15.9 Å². The number of nitrogens with zero attached hydrogens (tertiary/aromatic N) is 3. The summed E-state index contributed by atoms with van der Waals surface area (Å²) in [7, 11) is 1.96. The highest BCUT2D eigenvalue weighted by Crippen LogP contribution is 2.26. The minimum absolute atomic E-state index is 0.0467. The van der Waals surface area contributed by atoms with Gasteiger partial charge in [0.2, 0.25) is 0 Å². The summed E-state index contributed by atoms with van der Waals surface area (Å²) >= 11 is 11.9. The van der Waals surface area contributed by atoms with Gasteiger partial charge in [0.05, 0.1) is 5.56 Å². The van der Waals surface area contributed by atoms with Gasteiger partial charge in [0.25, 0.3) is 0 Å². The monoisotopic (exact) mass is 357 g/mol. The fraction of sp³-hybridized carbons (Fsp3) is 0.0556. The maximum absolute atomic E-state index is 12.6. The predicted octanol–water partition coefficient (Wildman–Crippen LogP) is 4.78. The molecule has 1 heterocycles. The van der Waals surface area contributed by atoms with Crippen LogP contribution in [0.5, 0.6) is 0 Å². The van der Waals surface area contributed by atoms with E-state index in [1.807, 2.05) is 54.4 Å². The predicted molar refractivity (Wildman–Crippen MR) is 96.4 cm³/mol. The van der Waals surface area contributed by atoms with Crippen LogP contribution in [0.25, 0.3) is 0 Å². The number of halogens is 2. The highest BCUT2D eigenvalue weighted by atomic mass is 35.5. The van der Waals surface area contributed by atoms with Crippen LogP contribution >= 0.6 is 23.2 Å². The minimum atomic E-state index is -0.306. The summed E-state index contributed by atoms with van der Waals surface area (Å²) < 4.78 is 0. The van der Waals surface area contributed by atoms with Crippen molar-refractivity contribution in [2.75, 3.05) is 11.9 Å². The molecule has 0 saturated carbocycles. The molecule has 0 spiro atoms. The summed E-state index contributed by atoms with van der Waals surface area (Å²) in [4.78, 5) is 22.2. The normalized spacial score (nSPS) is 10.5. The van der Waals surface area contributed by atoms with Crippen LogP contribution in [0.15, 0.2) is 60.9 Å². The van der Waals surface area contributed by atoms with Crippen molar-refractivity contribution in [2.45, 2.75) is 0 Å². The zero-order chi connectivity index (χ0) is 17.1. The number of carbonyl (C=O) groups excluding carboxylic acids is 1. The molecule has 0 fully saturated rings. The van der Waals surface area contributed by atoms with Crippen LogP contribution in [-0.4, -0.2) is 22.8 Å². The zero-order valence-corrected chi connectivity index (χ0v) is 14.3. The van der Waals surface area contributed by atoms with E-state index in [-0.39, 0.29) is 21.7 Å². The fourth-order valence-electron chi connectivity index (χ4n) is 2.31. The summed E-state index contributed by atoms with van der Waals surface area (Å²) in [5.74, 6) is -0.306. The van der Waals surface area contributed by atoms with Crippen LogP contribution in [0.4, 0.5) is 11.4 Å². The lowest BCUT2D eigenvalue weighted by Gasteiger charge is -2.19. The van der Waals surface area contributed by atoms with Crippen molar-refractivity contribution < 1.29 is 4.79 Å². The number of benzene rings is 2. The van der Waals surface area contributed by atoms with Crippen LogP contribution < -0.4 is 4.90 Å². The third-order valence-corrected chi connectivity index (χ3v) is 4.22. The smallest absolute Gasteiger partial charge is 0.199 e. The maximum atomic E-state index is 12.6. The van der Waals surface area contributed by atoms with Gasteiger partial charge in [0, 0.05) is 24.0 Å². The summed E-state index contributed by atoms with van der Waals surface area (Å²) in [5.41, 5.74) is 2.60. The second-order valence-corrected chi connectivity index (χ2v) is 5.82. The van der Waals surface area contributed by atoms with E-state index in [9.17, 15) is 4.79 Å². The number of para-hydroxylation sites is 1. The van der Waals surface area contributed by atoms with Gasteiger partial charge in [0.15, 0.2) is 5.78 Å². The molecule has 3 aromatic rings. The van der Waals surface area contributed by atoms with Gasteiger partial charge in [-0.15, -0.1) is 0 Å². The molecule has 0 aliphatic heterocycles. The second-order valence-electron chi connectivity index (χ2n) is 5.10. The molecular weight excluding hydrogens is 345 g/mol. The Balaban J connectivity index is 1.88. The zero-order valence-electron chi connectivity index (χ0n) is 12.8. The van der Waals surface area contributed by atoms with Gasteiger partial charge in [-0.3, -0.25) is 4.79 Å². The van der Waals surface area contributed by atoms with Gasteiger partial charge in [-0.2, -0.15) is 0 Å². The van der Waals surface area contributed by atoms with Gasteiger partial charge in [0.1, 0.15) is 16.6 Å². The molecule has 0 bridgehead atoms. The Morgan fingerprint density at radius 2 is 1.42 bits per heavy atom. The summed E-state index contributed by atoms with van der Waals surface area (Å²) in [6.07, 6.45) is 1.22. The quantitative estimate of drug-likeness (QED) is 0.497. The van der Waals surface area contributed by atoms with Crippen LogP contribution in [0.3, 0.4) is 0 Å². The number of rotatable bonds is 4. The molecule has 0 N–H and O–H groups in total. The minimum Gasteiger partial charge on any atom is -0.345 e. The van der Waals surface area contributed by atoms with E-state index in [4.69, 9.17) is 23.2 Å². The molecule has 6 heteroatoms. The van der Waals surface area contributed by atoms with E-state index < -0.39 is 0 Å².